The van der Waals surface area contributed by atoms with Crippen LogP contribution in [0.5, 0.6) is 17.2 Å². The summed E-state index contributed by atoms with van der Waals surface area (Å²) in [7, 11) is 3.32. The second-order valence-electron chi connectivity index (χ2n) is 17.2. The number of fused-ring (bicyclic) bond motifs is 8. The molecule has 8 aromatic heterocycles. The number of nitrogens with zero attached hydrogens (tertiary/aromatic N) is 8. The first-order valence-electron chi connectivity index (χ1n) is 22.8. The first-order valence-corrected chi connectivity index (χ1v) is 22.8. The van der Waals surface area contributed by atoms with Crippen LogP contribution in [-0.2, 0) is 14.4 Å². The number of pyridine rings is 2. The maximum Gasteiger partial charge on any atom is 1.00 e. The third kappa shape index (κ3) is 9.23. The topological polar surface area (TPSA) is 270 Å². The van der Waals surface area contributed by atoms with E-state index in [1.807, 2.05) is 90.2 Å². The number of methoxy groups -OCH3 is 2. The van der Waals surface area contributed by atoms with E-state index in [-0.39, 0.29) is 41.2 Å². The maximum atomic E-state index is 11.0. The van der Waals surface area contributed by atoms with E-state index in [9.17, 15) is 4.79 Å². The van der Waals surface area contributed by atoms with Gasteiger partial charge in [0.2, 0.25) is 0 Å². The predicted molar refractivity (Wildman–Crippen MR) is 275 cm³/mol. The maximum absolute atomic E-state index is 11.0. The number of carbonyl (C=O) groups excluding carboxylic acids is 3. The molecule has 370 valence electrons. The van der Waals surface area contributed by atoms with E-state index in [0.29, 0.717) is 46.5 Å². The molecule has 0 unspecified atom stereocenters. The first kappa shape index (κ1) is 52.6. The zero-order chi connectivity index (χ0) is 51.2. The van der Waals surface area contributed by atoms with Crippen molar-refractivity contribution in [3.8, 4) is 62.0 Å². The summed E-state index contributed by atoms with van der Waals surface area (Å²) in [5.74, 6) is 4.60. The molecule has 0 aliphatic rings. The molecule has 0 amide bonds. The van der Waals surface area contributed by atoms with Gasteiger partial charge in [-0.15, -0.1) is 0 Å². The minimum atomic E-state index is 0. The van der Waals surface area contributed by atoms with E-state index in [4.69, 9.17) is 47.8 Å². The normalized spacial score (nSPS) is 10.9. The quantitative estimate of drug-likeness (QED) is 0.108. The van der Waals surface area contributed by atoms with E-state index >= 15 is 0 Å². The fourth-order valence-electron chi connectivity index (χ4n) is 9.75. The van der Waals surface area contributed by atoms with Gasteiger partial charge in [-0.25, -0.2) is 19.9 Å². The molecule has 0 saturated heterocycles. The Hall–Kier alpha value is -8.71. The van der Waals surface area contributed by atoms with Crippen LogP contribution in [0.4, 0.5) is 0 Å². The fraction of sp³-hybridized carbons (Fsp3) is 0.164. The van der Waals surface area contributed by atoms with Crippen molar-refractivity contribution in [3.63, 3.8) is 0 Å². The number of benzene rings is 4. The van der Waals surface area contributed by atoms with Crippen LogP contribution in [0.3, 0.4) is 0 Å². The average molecular weight is 1010 g/mol. The van der Waals surface area contributed by atoms with Gasteiger partial charge in [0.25, 0.3) is 6.47 Å². The number of hydrogen-bond donors (Lipinski definition) is 2. The summed E-state index contributed by atoms with van der Waals surface area (Å²) in [4.78, 5) is 62.5. The van der Waals surface area contributed by atoms with Crippen molar-refractivity contribution in [1.29, 1.82) is 0 Å². The van der Waals surface area contributed by atoms with Crippen LogP contribution in [0.1, 0.15) is 40.1 Å². The first-order chi connectivity index (χ1) is 35.4. The Morgan fingerprint density at radius 3 is 1.45 bits per heavy atom. The number of aromatic nitrogens is 10. The minimum Gasteiger partial charge on any atom is -0.870 e. The van der Waals surface area contributed by atoms with Crippen LogP contribution in [-0.4, -0.2) is 82.5 Å². The molecule has 3 N–H and O–H groups in total. The van der Waals surface area contributed by atoms with Crippen LogP contribution < -0.4 is 43.8 Å². The van der Waals surface area contributed by atoms with Gasteiger partial charge in [-0.1, -0.05) is 34.6 Å². The van der Waals surface area contributed by atoms with Crippen molar-refractivity contribution in [1.82, 2.24) is 50.2 Å². The van der Waals surface area contributed by atoms with E-state index in [1.165, 1.54) is 0 Å². The third-order valence-electron chi connectivity index (χ3n) is 12.8. The van der Waals surface area contributed by atoms with Crippen LogP contribution in [0.15, 0.2) is 94.2 Å². The van der Waals surface area contributed by atoms with E-state index < -0.39 is 0 Å². The predicted octanol–water partition coefficient (Wildman–Crippen LogP) is 7.92. The second kappa shape index (κ2) is 21.4. The molecule has 12 rings (SSSR count). The molecular formula is C55H45N10NaO9. The van der Waals surface area contributed by atoms with Crippen molar-refractivity contribution in [2.24, 2.45) is 0 Å². The Kier molecular flexibility index (Phi) is 15.0. The molecule has 0 spiro atoms. The number of ether oxygens (including phenoxy) is 3. The van der Waals surface area contributed by atoms with E-state index in [2.05, 4.69) is 66.4 Å². The van der Waals surface area contributed by atoms with Gasteiger partial charge in [-0.2, -0.15) is 9.59 Å². The monoisotopic (exact) mass is 1010 g/mol. The SMILES string of the molecule is COc1cc2c(cc1-c1c(C)noc1C)[nH]c1nc(C)nc(-c3ccc(C)c4ncccc34)c12.COc1cc2c(cc1-c1c(C)noc1C)[nH]c1nc(C)nc(-c3ccc(OC=O)c4ncccc34)c12.O=C=O.[Na+].[OH-]. The summed E-state index contributed by atoms with van der Waals surface area (Å²) in [6.07, 6.45) is 3.74. The molecule has 0 aliphatic carbocycles. The Balaban J connectivity index is 0.000000185. The van der Waals surface area contributed by atoms with Crippen LogP contribution in [0.2, 0.25) is 0 Å². The molecular weight excluding hydrogens is 968 g/mol. The zero-order valence-corrected chi connectivity index (χ0v) is 44.5. The Morgan fingerprint density at radius 2 is 1.01 bits per heavy atom. The molecule has 8 heterocycles. The number of hydrogen-bond acceptors (Lipinski definition) is 17. The van der Waals surface area contributed by atoms with Crippen molar-refractivity contribution >= 4 is 78.3 Å². The van der Waals surface area contributed by atoms with Crippen molar-refractivity contribution < 1.29 is 72.7 Å². The van der Waals surface area contributed by atoms with Gasteiger partial charge in [0, 0.05) is 67.2 Å². The Morgan fingerprint density at radius 1 is 0.560 bits per heavy atom. The van der Waals surface area contributed by atoms with E-state index in [1.54, 1.807) is 26.5 Å². The molecule has 0 aliphatic heterocycles. The minimum absolute atomic E-state index is 0. The van der Waals surface area contributed by atoms with Crippen LogP contribution >= 0.6 is 0 Å². The summed E-state index contributed by atoms with van der Waals surface area (Å²) < 4.78 is 27.6. The van der Waals surface area contributed by atoms with Crippen molar-refractivity contribution in [2.45, 2.75) is 48.5 Å². The molecule has 75 heavy (non-hydrogen) atoms. The Bertz CT molecular complexity index is 4170. The molecule has 0 fully saturated rings. The van der Waals surface area contributed by atoms with Crippen LogP contribution in [0, 0.1) is 48.5 Å². The van der Waals surface area contributed by atoms with Gasteiger partial charge in [0.05, 0.1) is 64.4 Å². The zero-order valence-electron chi connectivity index (χ0n) is 42.5. The molecule has 4 aromatic carbocycles. The van der Waals surface area contributed by atoms with E-state index in [0.717, 1.165) is 128 Å². The molecule has 12 aromatic rings. The summed E-state index contributed by atoms with van der Waals surface area (Å²) in [6.45, 7) is 13.9. The van der Waals surface area contributed by atoms with Gasteiger partial charge >= 0.3 is 35.7 Å². The van der Waals surface area contributed by atoms with Crippen molar-refractivity contribution in [3.05, 3.63) is 125 Å². The average Bonchev–Trinajstić information content (AvgIpc) is 4.15. The number of rotatable bonds is 8. The molecule has 0 radical (unpaired) electrons. The number of aromatic amines is 2. The molecule has 20 heteroatoms. The largest absolute Gasteiger partial charge is 1.00 e. The fourth-order valence-corrected chi connectivity index (χ4v) is 9.75. The molecule has 0 atom stereocenters. The summed E-state index contributed by atoms with van der Waals surface area (Å²) >= 11 is 0. The van der Waals surface area contributed by atoms with Gasteiger partial charge in [0.1, 0.15) is 51.5 Å². The molecule has 0 bridgehead atoms. The van der Waals surface area contributed by atoms with Crippen molar-refractivity contribution in [2.75, 3.05) is 14.2 Å². The number of H-pyrrole nitrogens is 2. The van der Waals surface area contributed by atoms with Gasteiger partial charge in [-0.05, 0) is 103 Å². The number of nitrogens with one attached hydrogen (secondary N) is 2. The molecule has 0 saturated carbocycles. The van der Waals surface area contributed by atoms with Gasteiger partial charge < -0.3 is 38.7 Å². The Labute approximate surface area is 448 Å². The van der Waals surface area contributed by atoms with Gasteiger partial charge in [-0.3, -0.25) is 14.8 Å². The molecule has 19 nitrogen and oxygen atoms in total. The summed E-state index contributed by atoms with van der Waals surface area (Å²) in [5.41, 5.74) is 14.7. The van der Waals surface area contributed by atoms with Crippen LogP contribution in [0.25, 0.3) is 110 Å². The standard InChI is InChI=1S/C27H21N5O4.C27H23N5O2.CO2.Na.H2O/c1-13-23(14(2)36-32-13)19-10-20-18(11-22(19)34-4)24-26(29-15(3)30-27(24)31-20)17-7-8-21(35-12-33)25-16(17)6-5-9-28-25;1-13-8-9-18(17-7-6-10-28-25(13)17)26-24-19-12-22(33-5)20(23-14(2)32-34-15(23)3)11-21(19)31-27(24)30-16(4)29-26;2-1-3;;/h5-12H,1-4H3,(H,29,30,31);6-12H,1-5H3,(H,29,30,31);;;1H2/q;;;+1;/p-1. The third-order valence-corrected chi connectivity index (χ3v) is 12.8. The number of aryl methyl sites for hydroxylation is 7. The number of carbonyl (C=O) groups is 1. The van der Waals surface area contributed by atoms with Gasteiger partial charge in [0.15, 0.2) is 5.75 Å². The summed E-state index contributed by atoms with van der Waals surface area (Å²) in [5, 5.41) is 13.8. The summed E-state index contributed by atoms with van der Waals surface area (Å²) in [6, 6.07) is 23.8. The second-order valence-corrected chi connectivity index (χ2v) is 17.2. The smallest absolute Gasteiger partial charge is 0.870 e.